The number of hydrogen-bond donors (Lipinski definition) is 1. The third-order valence-corrected chi connectivity index (χ3v) is 5.16. The van der Waals surface area contributed by atoms with Gasteiger partial charge in [0, 0.05) is 29.0 Å². The van der Waals surface area contributed by atoms with Gasteiger partial charge in [0.1, 0.15) is 5.82 Å². The van der Waals surface area contributed by atoms with E-state index in [1.807, 2.05) is 0 Å². The predicted molar refractivity (Wildman–Crippen MR) is 83.3 cm³/mol. The van der Waals surface area contributed by atoms with Crippen molar-refractivity contribution in [2.75, 3.05) is 6.54 Å². The minimum absolute atomic E-state index is 0.0222. The Morgan fingerprint density at radius 1 is 1.45 bits per heavy atom. The molecule has 3 nitrogen and oxygen atoms in total. The molecular formula is C17H21ClFNO2. The maximum atomic E-state index is 14.0. The zero-order chi connectivity index (χ0) is 16.1. The zero-order valence-corrected chi connectivity index (χ0v) is 13.6. The minimum Gasteiger partial charge on any atom is -0.388 e. The van der Waals surface area contributed by atoms with Crippen LogP contribution < -0.4 is 0 Å². The molecule has 3 unspecified atom stereocenters. The molecule has 3 rings (SSSR count). The lowest BCUT2D eigenvalue weighted by molar-refractivity contribution is -0.138. The predicted octanol–water partition coefficient (Wildman–Crippen LogP) is 3.34. The van der Waals surface area contributed by atoms with E-state index in [0.29, 0.717) is 23.6 Å². The fourth-order valence-corrected chi connectivity index (χ4v) is 3.93. The normalized spacial score (nSPS) is 28.0. The maximum absolute atomic E-state index is 14.0. The van der Waals surface area contributed by atoms with E-state index in [1.165, 1.54) is 6.07 Å². The number of aliphatic hydroxyl groups is 1. The molecule has 0 radical (unpaired) electrons. The fraction of sp³-hybridized carbons (Fsp3) is 0.588. The van der Waals surface area contributed by atoms with E-state index in [-0.39, 0.29) is 29.6 Å². The molecule has 0 spiro atoms. The molecule has 1 aliphatic heterocycles. The van der Waals surface area contributed by atoms with Crippen molar-refractivity contribution in [1.82, 2.24) is 4.90 Å². The summed E-state index contributed by atoms with van der Waals surface area (Å²) in [5, 5.41) is 10.6. The molecule has 3 atom stereocenters. The molecule has 2 fully saturated rings. The molecule has 1 aromatic carbocycles. The van der Waals surface area contributed by atoms with Gasteiger partial charge in [-0.1, -0.05) is 17.7 Å². The van der Waals surface area contributed by atoms with Gasteiger partial charge >= 0.3 is 0 Å². The van der Waals surface area contributed by atoms with E-state index in [1.54, 1.807) is 30.9 Å². The standard InChI is InChI=1S/C17H21ClFNO2/c1-17(2,22)14-7-4-8-20(14)16(21)11-9-10(11)15-12(18)5-3-6-13(15)19/h3,5-6,10-11,14,22H,4,7-9H2,1-2H3. The molecule has 22 heavy (non-hydrogen) atoms. The van der Waals surface area contributed by atoms with Gasteiger partial charge in [-0.15, -0.1) is 0 Å². The van der Waals surface area contributed by atoms with Gasteiger partial charge in [-0.05, 0) is 45.2 Å². The van der Waals surface area contributed by atoms with Crippen molar-refractivity contribution in [2.45, 2.75) is 50.7 Å². The quantitative estimate of drug-likeness (QED) is 0.926. The Bertz CT molecular complexity index is 579. The van der Waals surface area contributed by atoms with Crippen LogP contribution in [0.1, 0.15) is 44.6 Å². The van der Waals surface area contributed by atoms with Crippen LogP contribution in [0.4, 0.5) is 4.39 Å². The number of carbonyl (C=O) groups excluding carboxylic acids is 1. The topological polar surface area (TPSA) is 40.5 Å². The Balaban J connectivity index is 1.76. The van der Waals surface area contributed by atoms with Crippen molar-refractivity contribution in [3.05, 3.63) is 34.6 Å². The van der Waals surface area contributed by atoms with Crippen LogP contribution in [0.2, 0.25) is 5.02 Å². The van der Waals surface area contributed by atoms with Crippen molar-refractivity contribution in [2.24, 2.45) is 5.92 Å². The average Bonchev–Trinajstić information content (AvgIpc) is 3.01. The highest BCUT2D eigenvalue weighted by molar-refractivity contribution is 6.31. The second kappa shape index (κ2) is 5.50. The van der Waals surface area contributed by atoms with Gasteiger partial charge in [0.05, 0.1) is 11.6 Å². The van der Waals surface area contributed by atoms with Crippen LogP contribution in [0.25, 0.3) is 0 Å². The van der Waals surface area contributed by atoms with Crippen LogP contribution in [0.5, 0.6) is 0 Å². The highest BCUT2D eigenvalue weighted by Crippen LogP contribution is 2.52. The van der Waals surface area contributed by atoms with E-state index in [9.17, 15) is 14.3 Å². The highest BCUT2D eigenvalue weighted by atomic mass is 35.5. The first kappa shape index (κ1) is 15.8. The number of likely N-dealkylation sites (tertiary alicyclic amines) is 1. The van der Waals surface area contributed by atoms with Crippen LogP contribution in [0, 0.1) is 11.7 Å². The van der Waals surface area contributed by atoms with Gasteiger partial charge in [0.25, 0.3) is 0 Å². The molecule has 1 amide bonds. The Kier molecular flexibility index (Phi) is 3.94. The highest BCUT2D eigenvalue weighted by Gasteiger charge is 2.50. The van der Waals surface area contributed by atoms with E-state index in [2.05, 4.69) is 0 Å². The van der Waals surface area contributed by atoms with Crippen LogP contribution in [-0.2, 0) is 4.79 Å². The first-order valence-corrected chi connectivity index (χ1v) is 8.15. The number of halogens is 2. The Morgan fingerprint density at radius 3 is 2.82 bits per heavy atom. The summed E-state index contributed by atoms with van der Waals surface area (Å²) in [6.45, 7) is 4.14. The molecule has 1 N–H and O–H groups in total. The first-order valence-electron chi connectivity index (χ1n) is 7.77. The van der Waals surface area contributed by atoms with Gasteiger partial charge in [0.15, 0.2) is 0 Å². The molecule has 1 aromatic rings. The largest absolute Gasteiger partial charge is 0.388 e. The maximum Gasteiger partial charge on any atom is 0.226 e. The summed E-state index contributed by atoms with van der Waals surface area (Å²) in [7, 11) is 0. The summed E-state index contributed by atoms with van der Waals surface area (Å²) in [6, 6.07) is 4.47. The van der Waals surface area contributed by atoms with E-state index in [0.717, 1.165) is 12.8 Å². The van der Waals surface area contributed by atoms with E-state index < -0.39 is 5.60 Å². The minimum atomic E-state index is -0.911. The molecule has 0 aromatic heterocycles. The van der Waals surface area contributed by atoms with Crippen LogP contribution >= 0.6 is 11.6 Å². The van der Waals surface area contributed by atoms with Crippen LogP contribution in [0.3, 0.4) is 0 Å². The Hall–Kier alpha value is -1.13. The van der Waals surface area contributed by atoms with Gasteiger partial charge in [0.2, 0.25) is 5.91 Å². The third kappa shape index (κ3) is 2.74. The van der Waals surface area contributed by atoms with Gasteiger partial charge in [-0.25, -0.2) is 4.39 Å². The van der Waals surface area contributed by atoms with E-state index >= 15 is 0 Å². The number of carbonyl (C=O) groups is 1. The Labute approximate surface area is 135 Å². The third-order valence-electron chi connectivity index (χ3n) is 4.83. The number of hydrogen-bond acceptors (Lipinski definition) is 2. The van der Waals surface area contributed by atoms with E-state index in [4.69, 9.17) is 11.6 Å². The van der Waals surface area contributed by atoms with Crippen molar-refractivity contribution in [1.29, 1.82) is 0 Å². The van der Waals surface area contributed by atoms with Crippen molar-refractivity contribution in [3.8, 4) is 0 Å². The molecule has 1 saturated carbocycles. The van der Waals surface area contributed by atoms with Gasteiger partial charge in [-0.2, -0.15) is 0 Å². The van der Waals surface area contributed by atoms with Crippen LogP contribution in [0.15, 0.2) is 18.2 Å². The second-order valence-corrected chi connectivity index (χ2v) is 7.33. The Morgan fingerprint density at radius 2 is 2.18 bits per heavy atom. The number of nitrogens with zero attached hydrogens (tertiary/aromatic N) is 1. The molecule has 1 aliphatic carbocycles. The smallest absolute Gasteiger partial charge is 0.226 e. The summed E-state index contributed by atoms with van der Waals surface area (Å²) in [5.74, 6) is -0.663. The summed E-state index contributed by atoms with van der Waals surface area (Å²) in [5.41, 5.74) is -0.451. The lowest BCUT2D eigenvalue weighted by Gasteiger charge is -2.34. The van der Waals surface area contributed by atoms with Crippen molar-refractivity contribution >= 4 is 17.5 Å². The molecular weight excluding hydrogens is 305 g/mol. The lowest BCUT2D eigenvalue weighted by Crippen LogP contribution is -2.48. The molecule has 120 valence electrons. The van der Waals surface area contributed by atoms with Crippen LogP contribution in [-0.4, -0.2) is 34.1 Å². The molecule has 1 heterocycles. The summed E-state index contributed by atoms with van der Waals surface area (Å²) < 4.78 is 14.0. The summed E-state index contributed by atoms with van der Waals surface area (Å²) >= 11 is 6.09. The summed E-state index contributed by atoms with van der Waals surface area (Å²) in [4.78, 5) is 14.5. The molecule has 2 aliphatic rings. The number of benzene rings is 1. The zero-order valence-electron chi connectivity index (χ0n) is 12.9. The lowest BCUT2D eigenvalue weighted by atomic mass is 9.96. The SMILES string of the molecule is CC(C)(O)C1CCCN1C(=O)C1CC1c1c(F)cccc1Cl. The first-order chi connectivity index (χ1) is 10.3. The monoisotopic (exact) mass is 325 g/mol. The van der Waals surface area contributed by atoms with Gasteiger partial charge in [-0.3, -0.25) is 4.79 Å². The average molecular weight is 326 g/mol. The number of amides is 1. The molecule has 0 bridgehead atoms. The number of rotatable bonds is 3. The van der Waals surface area contributed by atoms with Crippen molar-refractivity contribution < 1.29 is 14.3 Å². The molecule has 5 heteroatoms. The van der Waals surface area contributed by atoms with Gasteiger partial charge < -0.3 is 10.0 Å². The fourth-order valence-electron chi connectivity index (χ4n) is 3.63. The molecule has 1 saturated heterocycles. The second-order valence-electron chi connectivity index (χ2n) is 6.93. The summed E-state index contributed by atoms with van der Waals surface area (Å²) in [6.07, 6.45) is 2.35. The van der Waals surface area contributed by atoms with Crippen molar-refractivity contribution in [3.63, 3.8) is 0 Å².